The Bertz CT molecular complexity index is 299. The van der Waals surface area contributed by atoms with E-state index in [2.05, 4.69) is 19.0 Å². The fraction of sp³-hybridized carbons (Fsp3) is 0.833. The van der Waals surface area contributed by atoms with Gasteiger partial charge in [0.15, 0.2) is 0 Å². The van der Waals surface area contributed by atoms with E-state index in [1.807, 2.05) is 0 Å². The molecule has 104 valence electrons. The second kappa shape index (κ2) is 7.20. The van der Waals surface area contributed by atoms with Crippen LogP contribution in [0.15, 0.2) is 5.16 Å². The lowest BCUT2D eigenvalue weighted by Gasteiger charge is -2.26. The maximum Gasteiger partial charge on any atom is 0.228 e. The van der Waals surface area contributed by atoms with E-state index in [0.717, 1.165) is 6.42 Å². The van der Waals surface area contributed by atoms with Gasteiger partial charge in [-0.25, -0.2) is 0 Å². The molecule has 0 aromatic rings. The molecule has 1 saturated heterocycles. The minimum Gasteiger partial charge on any atom is -0.409 e. The van der Waals surface area contributed by atoms with Crippen molar-refractivity contribution in [2.24, 2.45) is 22.7 Å². The van der Waals surface area contributed by atoms with Crippen LogP contribution in [0.25, 0.3) is 0 Å². The molecule has 0 radical (unpaired) electrons. The molecule has 6 nitrogen and oxygen atoms in total. The molecule has 6 heteroatoms. The highest BCUT2D eigenvalue weighted by Crippen LogP contribution is 2.16. The van der Waals surface area contributed by atoms with Gasteiger partial charge in [0.05, 0.1) is 12.5 Å². The van der Waals surface area contributed by atoms with Crippen LogP contribution >= 0.6 is 0 Å². The monoisotopic (exact) mass is 257 g/mol. The second-order valence-electron chi connectivity index (χ2n) is 5.08. The van der Waals surface area contributed by atoms with E-state index in [1.54, 1.807) is 4.90 Å². The number of carbonyl (C=O) groups excluding carboxylic acids is 1. The van der Waals surface area contributed by atoms with Crippen LogP contribution in [-0.2, 0) is 9.53 Å². The lowest BCUT2D eigenvalue weighted by atomic mass is 10.1. The Morgan fingerprint density at radius 3 is 2.83 bits per heavy atom. The molecule has 1 heterocycles. The molecule has 1 aliphatic rings. The minimum absolute atomic E-state index is 0.0314. The normalized spacial score (nSPS) is 20.4. The Balaban J connectivity index is 2.55. The van der Waals surface area contributed by atoms with E-state index in [0.29, 0.717) is 38.6 Å². The van der Waals surface area contributed by atoms with Crippen molar-refractivity contribution >= 4 is 11.7 Å². The van der Waals surface area contributed by atoms with Crippen LogP contribution < -0.4 is 5.73 Å². The first kappa shape index (κ1) is 14.8. The molecule has 0 aromatic carbocycles. The van der Waals surface area contributed by atoms with Gasteiger partial charge in [0.2, 0.25) is 5.91 Å². The highest BCUT2D eigenvalue weighted by Gasteiger charge is 2.28. The Labute approximate surface area is 108 Å². The van der Waals surface area contributed by atoms with Gasteiger partial charge in [0.1, 0.15) is 5.84 Å². The smallest absolute Gasteiger partial charge is 0.228 e. The van der Waals surface area contributed by atoms with Gasteiger partial charge in [-0.15, -0.1) is 0 Å². The molecule has 0 saturated carbocycles. The van der Waals surface area contributed by atoms with Gasteiger partial charge in [-0.05, 0) is 12.3 Å². The van der Waals surface area contributed by atoms with Crippen LogP contribution in [0.2, 0.25) is 0 Å². The van der Waals surface area contributed by atoms with Crippen LogP contribution in [0.5, 0.6) is 0 Å². The first-order chi connectivity index (χ1) is 8.54. The van der Waals surface area contributed by atoms with Crippen molar-refractivity contribution in [3.05, 3.63) is 0 Å². The summed E-state index contributed by atoms with van der Waals surface area (Å²) in [4.78, 5) is 14.1. The first-order valence-electron chi connectivity index (χ1n) is 6.37. The van der Waals surface area contributed by atoms with E-state index in [9.17, 15) is 4.79 Å². The Kier molecular flexibility index (Phi) is 5.91. The second-order valence-corrected chi connectivity index (χ2v) is 5.08. The quantitative estimate of drug-likeness (QED) is 0.316. The summed E-state index contributed by atoms with van der Waals surface area (Å²) in [7, 11) is 0. The summed E-state index contributed by atoms with van der Waals surface area (Å²) in [5.74, 6) is 0.630. The molecule has 1 fully saturated rings. The average Bonchev–Trinajstić information content (AvgIpc) is 2.86. The average molecular weight is 257 g/mol. The standard InChI is InChI=1S/C12H23N3O3/c1-9(2)7-15(5-3-11(13)14-17)12(16)10-4-6-18-8-10/h9-10,17H,3-8H2,1-2H3,(H2,13,14). The molecular formula is C12H23N3O3. The third kappa shape index (κ3) is 4.52. The number of nitrogens with two attached hydrogens (primary N) is 1. The summed E-state index contributed by atoms with van der Waals surface area (Å²) in [5, 5.41) is 11.4. The molecular weight excluding hydrogens is 234 g/mol. The molecule has 0 spiro atoms. The van der Waals surface area contributed by atoms with E-state index < -0.39 is 0 Å². The molecule has 3 N–H and O–H groups in total. The molecule has 0 aromatic heterocycles. The lowest BCUT2D eigenvalue weighted by molar-refractivity contribution is -0.135. The summed E-state index contributed by atoms with van der Waals surface area (Å²) in [6.07, 6.45) is 1.18. The first-order valence-corrected chi connectivity index (χ1v) is 6.37. The van der Waals surface area contributed by atoms with Crippen molar-refractivity contribution in [1.29, 1.82) is 0 Å². The van der Waals surface area contributed by atoms with E-state index in [-0.39, 0.29) is 17.7 Å². The summed E-state index contributed by atoms with van der Waals surface area (Å²) in [5.41, 5.74) is 5.44. The molecule has 1 unspecified atom stereocenters. The van der Waals surface area contributed by atoms with Crippen molar-refractivity contribution in [2.45, 2.75) is 26.7 Å². The van der Waals surface area contributed by atoms with Gasteiger partial charge in [-0.2, -0.15) is 0 Å². The van der Waals surface area contributed by atoms with E-state index in [4.69, 9.17) is 15.7 Å². The zero-order valence-corrected chi connectivity index (χ0v) is 11.1. The summed E-state index contributed by atoms with van der Waals surface area (Å²) < 4.78 is 5.24. The maximum absolute atomic E-state index is 12.3. The predicted octanol–water partition coefficient (Wildman–Crippen LogP) is 0.644. The van der Waals surface area contributed by atoms with Gasteiger partial charge in [-0.3, -0.25) is 4.79 Å². The SMILES string of the molecule is CC(C)CN(CCC(N)=NO)C(=O)C1CCOC1. The van der Waals surface area contributed by atoms with Gasteiger partial charge < -0.3 is 20.6 Å². The highest BCUT2D eigenvalue weighted by molar-refractivity contribution is 5.82. The van der Waals surface area contributed by atoms with E-state index in [1.165, 1.54) is 0 Å². The summed E-state index contributed by atoms with van der Waals surface area (Å²) in [6, 6.07) is 0. The third-order valence-corrected chi connectivity index (χ3v) is 2.94. The zero-order valence-electron chi connectivity index (χ0n) is 11.1. The van der Waals surface area contributed by atoms with Crippen LogP contribution in [-0.4, -0.2) is 48.2 Å². The number of amidine groups is 1. The van der Waals surface area contributed by atoms with Gasteiger partial charge in [0, 0.05) is 26.1 Å². The number of carbonyl (C=O) groups is 1. The van der Waals surface area contributed by atoms with Crippen molar-refractivity contribution in [3.8, 4) is 0 Å². The fourth-order valence-corrected chi connectivity index (χ4v) is 2.02. The van der Waals surface area contributed by atoms with Gasteiger partial charge in [-0.1, -0.05) is 19.0 Å². The molecule has 0 aliphatic carbocycles. The molecule has 18 heavy (non-hydrogen) atoms. The number of hydrogen-bond donors (Lipinski definition) is 2. The number of oxime groups is 1. The Morgan fingerprint density at radius 1 is 1.61 bits per heavy atom. The fourth-order valence-electron chi connectivity index (χ4n) is 2.02. The number of hydrogen-bond acceptors (Lipinski definition) is 4. The highest BCUT2D eigenvalue weighted by atomic mass is 16.5. The van der Waals surface area contributed by atoms with Gasteiger partial charge >= 0.3 is 0 Å². The molecule has 0 bridgehead atoms. The molecule has 1 amide bonds. The third-order valence-electron chi connectivity index (χ3n) is 2.94. The zero-order chi connectivity index (χ0) is 13.5. The van der Waals surface area contributed by atoms with Crippen LogP contribution in [0.1, 0.15) is 26.7 Å². The molecule has 1 aliphatic heterocycles. The van der Waals surface area contributed by atoms with Crippen molar-refractivity contribution in [3.63, 3.8) is 0 Å². The predicted molar refractivity (Wildman–Crippen MR) is 68.4 cm³/mol. The van der Waals surface area contributed by atoms with Crippen LogP contribution in [0, 0.1) is 11.8 Å². The molecule has 1 atom stereocenters. The summed E-state index contributed by atoms with van der Waals surface area (Å²) in [6.45, 7) is 6.48. The topological polar surface area (TPSA) is 88.1 Å². The van der Waals surface area contributed by atoms with Crippen molar-refractivity contribution in [2.75, 3.05) is 26.3 Å². The van der Waals surface area contributed by atoms with E-state index >= 15 is 0 Å². The van der Waals surface area contributed by atoms with Gasteiger partial charge in [0.25, 0.3) is 0 Å². The largest absolute Gasteiger partial charge is 0.409 e. The number of rotatable bonds is 6. The number of amides is 1. The van der Waals surface area contributed by atoms with Crippen LogP contribution in [0.3, 0.4) is 0 Å². The van der Waals surface area contributed by atoms with Crippen LogP contribution in [0.4, 0.5) is 0 Å². The number of ether oxygens (including phenoxy) is 1. The minimum atomic E-state index is -0.0314. The lowest BCUT2D eigenvalue weighted by Crippen LogP contribution is -2.40. The van der Waals surface area contributed by atoms with Crippen molar-refractivity contribution < 1.29 is 14.7 Å². The number of nitrogens with zero attached hydrogens (tertiary/aromatic N) is 2. The Morgan fingerprint density at radius 2 is 2.33 bits per heavy atom. The van der Waals surface area contributed by atoms with Crippen molar-refractivity contribution in [1.82, 2.24) is 4.90 Å². The maximum atomic E-state index is 12.3. The molecule has 1 rings (SSSR count). The summed E-state index contributed by atoms with van der Waals surface area (Å²) >= 11 is 0. The Hall–Kier alpha value is -1.30.